The van der Waals surface area contributed by atoms with Crippen LogP contribution in [0, 0.1) is 0 Å². The molecule has 172 valence electrons. The Morgan fingerprint density at radius 3 is 2.70 bits per heavy atom. The third kappa shape index (κ3) is 4.76. The molecule has 2 aromatic rings. The third-order valence-electron chi connectivity index (χ3n) is 5.58. The van der Waals surface area contributed by atoms with E-state index in [1.165, 1.54) is 7.11 Å². The maximum Gasteiger partial charge on any atom is 0.340 e. The molecule has 0 saturated carbocycles. The summed E-state index contributed by atoms with van der Waals surface area (Å²) in [6, 6.07) is 10.6. The number of nitrogens with two attached hydrogens (primary N) is 1. The number of rotatable bonds is 5. The number of carbonyl (C=O) groups excluding carboxylic acids is 2. The van der Waals surface area contributed by atoms with E-state index in [0.29, 0.717) is 56.4 Å². The molecule has 1 aliphatic heterocycles. The fraction of sp³-hybridized carbons (Fsp3) is 0.250. The number of Topliss-reactive ketones (excluding diaryl/α,β-unsaturated/α-hetero) is 1. The lowest BCUT2D eigenvalue weighted by atomic mass is 9.77. The van der Waals surface area contributed by atoms with E-state index in [-0.39, 0.29) is 23.8 Å². The predicted octanol–water partition coefficient (Wildman–Crippen LogP) is 5.80. The van der Waals surface area contributed by atoms with Crippen LogP contribution in [0.15, 0.2) is 63.7 Å². The van der Waals surface area contributed by atoms with Crippen molar-refractivity contribution in [3.63, 3.8) is 0 Å². The van der Waals surface area contributed by atoms with Crippen LogP contribution in [0.2, 0.25) is 10.0 Å². The smallest absolute Gasteiger partial charge is 0.340 e. The lowest BCUT2D eigenvalue weighted by Crippen LogP contribution is -2.31. The molecule has 0 aromatic heterocycles. The standard InChI is InChI=1S/C24H20BrCl2NO5/c1-31-24(30)22-20(21-17(29)3-2-4-19(21)33-23(22)28)12-6-8-18(15(25)9-12)32-11-13-5-7-14(26)10-16(13)27/h5-10,20H,2-4,11,28H2,1H3/t20-/m0/s1. The monoisotopic (exact) mass is 551 g/mol. The minimum Gasteiger partial charge on any atom is -0.488 e. The molecule has 1 atom stereocenters. The molecular formula is C24H20BrCl2NO5. The Balaban J connectivity index is 1.68. The number of benzene rings is 2. The second kappa shape index (κ2) is 9.79. The summed E-state index contributed by atoms with van der Waals surface area (Å²) in [5.74, 6) is -0.368. The molecular weight excluding hydrogens is 533 g/mol. The second-order valence-electron chi connectivity index (χ2n) is 7.63. The Hall–Kier alpha value is -2.48. The van der Waals surface area contributed by atoms with Crippen LogP contribution in [0.4, 0.5) is 0 Å². The lowest BCUT2D eigenvalue weighted by Gasteiger charge is -2.32. The number of hydrogen-bond donors (Lipinski definition) is 1. The summed E-state index contributed by atoms with van der Waals surface area (Å²) in [6.45, 7) is 0.235. The Morgan fingerprint density at radius 2 is 2.00 bits per heavy atom. The van der Waals surface area contributed by atoms with Crippen molar-refractivity contribution in [2.24, 2.45) is 5.73 Å². The molecule has 0 saturated heterocycles. The number of carbonyl (C=O) groups is 2. The van der Waals surface area contributed by atoms with E-state index in [1.54, 1.807) is 36.4 Å². The van der Waals surface area contributed by atoms with Crippen molar-refractivity contribution in [2.75, 3.05) is 7.11 Å². The SMILES string of the molecule is COC(=O)C1=C(N)OC2=C(C(=O)CCC2)[C@@H]1c1ccc(OCc2ccc(Cl)cc2Cl)c(Br)c1. The number of ether oxygens (including phenoxy) is 3. The summed E-state index contributed by atoms with van der Waals surface area (Å²) in [4.78, 5) is 25.4. The van der Waals surface area contributed by atoms with E-state index >= 15 is 0 Å². The number of hydrogen-bond acceptors (Lipinski definition) is 6. The van der Waals surface area contributed by atoms with Crippen molar-refractivity contribution in [3.8, 4) is 5.75 Å². The van der Waals surface area contributed by atoms with Gasteiger partial charge in [-0.15, -0.1) is 0 Å². The van der Waals surface area contributed by atoms with Crippen LogP contribution < -0.4 is 10.5 Å². The average Bonchev–Trinajstić information content (AvgIpc) is 2.78. The highest BCUT2D eigenvalue weighted by Gasteiger charge is 2.41. The summed E-state index contributed by atoms with van der Waals surface area (Å²) in [5, 5.41) is 1.06. The first kappa shape index (κ1) is 23.7. The van der Waals surface area contributed by atoms with Crippen molar-refractivity contribution in [1.29, 1.82) is 0 Å². The Kier molecular flexibility index (Phi) is 7.02. The predicted molar refractivity (Wildman–Crippen MR) is 128 cm³/mol. The van der Waals surface area contributed by atoms with Gasteiger partial charge in [-0.2, -0.15) is 0 Å². The number of allylic oxidation sites excluding steroid dienone is 2. The van der Waals surface area contributed by atoms with Crippen LogP contribution in [0.1, 0.15) is 36.3 Å². The van der Waals surface area contributed by atoms with Gasteiger partial charge in [0.15, 0.2) is 5.78 Å². The van der Waals surface area contributed by atoms with Gasteiger partial charge < -0.3 is 19.9 Å². The molecule has 0 amide bonds. The summed E-state index contributed by atoms with van der Waals surface area (Å²) >= 11 is 15.7. The largest absolute Gasteiger partial charge is 0.488 e. The van der Waals surface area contributed by atoms with Gasteiger partial charge in [-0.3, -0.25) is 4.79 Å². The van der Waals surface area contributed by atoms with Gasteiger partial charge in [-0.25, -0.2) is 4.79 Å². The molecule has 2 aliphatic rings. The number of halogens is 3. The molecule has 0 fully saturated rings. The van der Waals surface area contributed by atoms with E-state index in [1.807, 2.05) is 0 Å². The van der Waals surface area contributed by atoms with E-state index in [9.17, 15) is 9.59 Å². The molecule has 6 nitrogen and oxygen atoms in total. The molecule has 2 aromatic carbocycles. The fourth-order valence-corrected chi connectivity index (χ4v) is 4.98. The molecule has 33 heavy (non-hydrogen) atoms. The number of esters is 1. The highest BCUT2D eigenvalue weighted by molar-refractivity contribution is 9.10. The van der Waals surface area contributed by atoms with Gasteiger partial charge in [0, 0.05) is 34.0 Å². The van der Waals surface area contributed by atoms with E-state index in [2.05, 4.69) is 15.9 Å². The summed E-state index contributed by atoms with van der Waals surface area (Å²) in [7, 11) is 1.26. The quantitative estimate of drug-likeness (QED) is 0.472. The van der Waals surface area contributed by atoms with E-state index < -0.39 is 11.9 Å². The first-order valence-corrected chi connectivity index (χ1v) is 11.7. The normalized spacial score (nSPS) is 18.1. The zero-order valence-electron chi connectivity index (χ0n) is 17.6. The highest BCUT2D eigenvalue weighted by Crippen LogP contribution is 2.45. The fourth-order valence-electron chi connectivity index (χ4n) is 4.01. The molecule has 1 aliphatic carbocycles. The van der Waals surface area contributed by atoms with Gasteiger partial charge in [-0.1, -0.05) is 35.3 Å². The number of methoxy groups -OCH3 is 1. The summed E-state index contributed by atoms with van der Waals surface area (Å²) in [6.07, 6.45) is 1.64. The van der Waals surface area contributed by atoms with E-state index in [4.69, 9.17) is 43.1 Å². The summed E-state index contributed by atoms with van der Waals surface area (Å²) in [5.41, 5.74) is 8.13. The van der Waals surface area contributed by atoms with E-state index in [0.717, 1.165) is 5.56 Å². The van der Waals surface area contributed by atoms with Crippen LogP contribution in [-0.2, 0) is 25.7 Å². The van der Waals surface area contributed by atoms with Crippen LogP contribution in [0.5, 0.6) is 5.75 Å². The maximum absolute atomic E-state index is 12.8. The molecule has 4 rings (SSSR count). The van der Waals surface area contributed by atoms with Gasteiger partial charge in [0.1, 0.15) is 23.7 Å². The zero-order valence-corrected chi connectivity index (χ0v) is 20.7. The van der Waals surface area contributed by atoms with Crippen molar-refractivity contribution in [3.05, 3.63) is 84.8 Å². The minimum atomic E-state index is -0.690. The average molecular weight is 553 g/mol. The lowest BCUT2D eigenvalue weighted by molar-refractivity contribution is -0.136. The molecule has 0 spiro atoms. The van der Waals surface area contributed by atoms with Crippen molar-refractivity contribution in [1.82, 2.24) is 0 Å². The molecule has 2 N–H and O–H groups in total. The first-order valence-electron chi connectivity index (χ1n) is 10.2. The van der Waals surface area contributed by atoms with Crippen molar-refractivity contribution >= 4 is 50.9 Å². The highest BCUT2D eigenvalue weighted by atomic mass is 79.9. The van der Waals surface area contributed by atoms with Gasteiger partial charge in [0.05, 0.1) is 17.5 Å². The summed E-state index contributed by atoms with van der Waals surface area (Å²) < 4.78 is 17.2. The third-order valence-corrected chi connectivity index (χ3v) is 6.78. The Bertz CT molecular complexity index is 1210. The van der Waals surface area contributed by atoms with Gasteiger partial charge >= 0.3 is 5.97 Å². The first-order chi connectivity index (χ1) is 15.8. The van der Waals surface area contributed by atoms with Gasteiger partial charge in [0.25, 0.3) is 0 Å². The van der Waals surface area contributed by atoms with Gasteiger partial charge in [-0.05, 0) is 52.2 Å². The molecule has 0 bridgehead atoms. The molecule has 9 heteroatoms. The Morgan fingerprint density at radius 1 is 1.21 bits per heavy atom. The van der Waals surface area contributed by atoms with Crippen molar-refractivity contribution in [2.45, 2.75) is 31.8 Å². The molecule has 1 heterocycles. The van der Waals surface area contributed by atoms with Gasteiger partial charge in [0.2, 0.25) is 5.88 Å². The van der Waals surface area contributed by atoms with Crippen LogP contribution in [-0.4, -0.2) is 18.9 Å². The molecule has 0 unspecified atom stereocenters. The second-order valence-corrected chi connectivity index (χ2v) is 9.33. The zero-order chi connectivity index (χ0) is 23.7. The Labute approximate surface area is 209 Å². The minimum absolute atomic E-state index is 0.0471. The topological polar surface area (TPSA) is 87.9 Å². The van der Waals surface area contributed by atoms with Crippen LogP contribution in [0.3, 0.4) is 0 Å². The van der Waals surface area contributed by atoms with Crippen LogP contribution >= 0.6 is 39.1 Å². The maximum atomic E-state index is 12.8. The van der Waals surface area contributed by atoms with Crippen LogP contribution in [0.25, 0.3) is 0 Å². The molecule has 0 radical (unpaired) electrons. The number of ketones is 1. The van der Waals surface area contributed by atoms with Crippen molar-refractivity contribution < 1.29 is 23.8 Å².